The lowest BCUT2D eigenvalue weighted by molar-refractivity contribution is -0.157. The summed E-state index contributed by atoms with van der Waals surface area (Å²) in [5.41, 5.74) is 1.06. The molecule has 0 bridgehead atoms. The smallest absolute Gasteiger partial charge is 0.309 e. The van der Waals surface area contributed by atoms with Crippen LogP contribution in [0.5, 0.6) is 0 Å². The van der Waals surface area contributed by atoms with E-state index in [2.05, 4.69) is 0 Å². The number of esters is 2. The molecule has 1 saturated heterocycles. The van der Waals surface area contributed by atoms with Gasteiger partial charge in [0.05, 0.1) is 17.9 Å². The molecule has 5 nitrogen and oxygen atoms in total. The minimum atomic E-state index is -0.454. The molecule has 0 radical (unpaired) electrons. The van der Waals surface area contributed by atoms with Gasteiger partial charge in [0.15, 0.2) is 0 Å². The molecule has 2 rings (SSSR count). The van der Waals surface area contributed by atoms with Gasteiger partial charge in [-0.2, -0.15) is 0 Å². The zero-order valence-corrected chi connectivity index (χ0v) is 15.3. The third kappa shape index (κ3) is 4.18. The molecule has 0 saturated carbocycles. The molecule has 5 heteroatoms. The van der Waals surface area contributed by atoms with Gasteiger partial charge < -0.3 is 14.6 Å². The number of hydrogen-bond acceptors (Lipinski definition) is 5. The summed E-state index contributed by atoms with van der Waals surface area (Å²) in [6.45, 7) is 9.40. The first-order chi connectivity index (χ1) is 11.2. The molecule has 0 amide bonds. The third-order valence-corrected chi connectivity index (χ3v) is 5.31. The van der Waals surface area contributed by atoms with Crippen LogP contribution in [0, 0.1) is 23.7 Å². The second-order valence-corrected chi connectivity index (χ2v) is 7.74. The average Bonchev–Trinajstić information content (AvgIpc) is 2.77. The first kappa shape index (κ1) is 19.0. The summed E-state index contributed by atoms with van der Waals surface area (Å²) >= 11 is 0. The number of hydrogen-bond donors (Lipinski definition) is 1. The van der Waals surface area contributed by atoms with Gasteiger partial charge in [0.1, 0.15) is 12.2 Å². The highest BCUT2D eigenvalue weighted by atomic mass is 16.6. The Morgan fingerprint density at radius 2 is 2.04 bits per heavy atom. The molecule has 0 spiro atoms. The van der Waals surface area contributed by atoms with E-state index >= 15 is 0 Å². The largest absolute Gasteiger partial charge is 0.462 e. The monoisotopic (exact) mass is 338 g/mol. The van der Waals surface area contributed by atoms with Crippen LogP contribution in [0.3, 0.4) is 0 Å². The Morgan fingerprint density at radius 3 is 2.67 bits per heavy atom. The van der Waals surface area contributed by atoms with E-state index < -0.39 is 6.10 Å². The maximum atomic E-state index is 12.2. The van der Waals surface area contributed by atoms with Gasteiger partial charge in [-0.3, -0.25) is 9.59 Å². The molecule has 0 aromatic carbocycles. The van der Waals surface area contributed by atoms with Crippen molar-refractivity contribution in [2.24, 2.45) is 23.7 Å². The molecule has 24 heavy (non-hydrogen) atoms. The summed E-state index contributed by atoms with van der Waals surface area (Å²) in [7, 11) is 0. The second-order valence-electron chi connectivity index (χ2n) is 7.74. The molecule has 1 N–H and O–H groups in total. The van der Waals surface area contributed by atoms with E-state index in [9.17, 15) is 14.7 Å². The van der Waals surface area contributed by atoms with Gasteiger partial charge in [0.2, 0.25) is 0 Å². The van der Waals surface area contributed by atoms with Crippen LogP contribution in [0.2, 0.25) is 0 Å². The highest BCUT2D eigenvalue weighted by Crippen LogP contribution is 2.39. The number of carbonyl (C=O) groups excluding carboxylic acids is 2. The number of aliphatic hydroxyl groups excluding tert-OH is 1. The molecule has 136 valence electrons. The van der Waals surface area contributed by atoms with Crippen molar-refractivity contribution < 1.29 is 24.2 Å². The number of fused-ring (bicyclic) bond motifs is 1. The fraction of sp³-hybridized carbons (Fsp3) is 0.789. The van der Waals surface area contributed by atoms with E-state index in [0.717, 1.165) is 5.57 Å². The Labute approximate surface area is 144 Å². The van der Waals surface area contributed by atoms with Gasteiger partial charge >= 0.3 is 11.9 Å². The molecule has 1 unspecified atom stereocenters. The van der Waals surface area contributed by atoms with Gasteiger partial charge in [-0.1, -0.05) is 39.3 Å². The lowest BCUT2D eigenvalue weighted by atomic mass is 9.79. The fourth-order valence-electron chi connectivity index (χ4n) is 3.60. The van der Waals surface area contributed by atoms with Crippen LogP contribution in [0.1, 0.15) is 53.9 Å². The van der Waals surface area contributed by atoms with Crippen LogP contribution in [0.15, 0.2) is 11.6 Å². The first-order valence-electron chi connectivity index (χ1n) is 8.95. The highest BCUT2D eigenvalue weighted by molar-refractivity contribution is 5.75. The summed E-state index contributed by atoms with van der Waals surface area (Å²) in [4.78, 5) is 24.3. The molecule has 6 atom stereocenters. The van der Waals surface area contributed by atoms with Crippen LogP contribution in [0.25, 0.3) is 0 Å². The Balaban J connectivity index is 2.33. The van der Waals surface area contributed by atoms with Crippen LogP contribution in [-0.4, -0.2) is 35.4 Å². The van der Waals surface area contributed by atoms with Crippen LogP contribution < -0.4 is 0 Å². The summed E-state index contributed by atoms with van der Waals surface area (Å²) < 4.78 is 11.4. The average molecular weight is 338 g/mol. The summed E-state index contributed by atoms with van der Waals surface area (Å²) in [5, 5.41) is 10.3. The van der Waals surface area contributed by atoms with E-state index in [1.165, 1.54) is 0 Å². The van der Waals surface area contributed by atoms with E-state index in [4.69, 9.17) is 9.47 Å². The highest BCUT2D eigenvalue weighted by Gasteiger charge is 2.48. The minimum absolute atomic E-state index is 0.0131. The standard InChI is InChI=1S/C19H30O5/c1-10(2)18(21)23-15-8-11(3)6-7-14(20)12(4)9-16-17(15)13(5)19(22)24-16/h6,10,12-17,20H,7-9H2,1-5H3/b11-6-/t12-,13+,14?,15-,16-,17-/m1/s1. The van der Waals surface area contributed by atoms with Gasteiger partial charge in [0.25, 0.3) is 0 Å². The molecule has 0 aromatic heterocycles. The van der Waals surface area contributed by atoms with Crippen molar-refractivity contribution >= 4 is 11.9 Å². The predicted molar refractivity (Wildman–Crippen MR) is 90.0 cm³/mol. The zero-order valence-electron chi connectivity index (χ0n) is 15.3. The van der Waals surface area contributed by atoms with Crippen molar-refractivity contribution in [2.45, 2.75) is 72.2 Å². The van der Waals surface area contributed by atoms with Crippen LogP contribution >= 0.6 is 0 Å². The van der Waals surface area contributed by atoms with Crippen molar-refractivity contribution in [3.8, 4) is 0 Å². The van der Waals surface area contributed by atoms with Gasteiger partial charge in [-0.15, -0.1) is 0 Å². The Kier molecular flexibility index (Phi) is 6.07. The number of ether oxygens (including phenoxy) is 2. The minimum Gasteiger partial charge on any atom is -0.462 e. The number of rotatable bonds is 2. The number of carbonyl (C=O) groups is 2. The molecule has 2 aliphatic rings. The van der Waals surface area contributed by atoms with Crippen molar-refractivity contribution in [1.82, 2.24) is 0 Å². The van der Waals surface area contributed by atoms with Gasteiger partial charge in [-0.05, 0) is 25.7 Å². The third-order valence-electron chi connectivity index (χ3n) is 5.31. The second kappa shape index (κ2) is 7.68. The van der Waals surface area contributed by atoms with Crippen molar-refractivity contribution in [3.63, 3.8) is 0 Å². The van der Waals surface area contributed by atoms with Crippen molar-refractivity contribution in [3.05, 3.63) is 11.6 Å². The summed E-state index contributed by atoms with van der Waals surface area (Å²) in [6, 6.07) is 0. The molecule has 0 aromatic rings. The van der Waals surface area contributed by atoms with Gasteiger partial charge in [-0.25, -0.2) is 0 Å². The maximum Gasteiger partial charge on any atom is 0.309 e. The molecular weight excluding hydrogens is 308 g/mol. The molecule has 1 aliphatic carbocycles. The van der Waals surface area contributed by atoms with E-state index in [-0.39, 0.29) is 47.8 Å². The van der Waals surface area contributed by atoms with Crippen LogP contribution in [-0.2, 0) is 19.1 Å². The van der Waals surface area contributed by atoms with E-state index in [1.54, 1.807) is 13.8 Å². The Bertz CT molecular complexity index is 510. The first-order valence-corrected chi connectivity index (χ1v) is 8.95. The topological polar surface area (TPSA) is 72.8 Å². The Hall–Kier alpha value is -1.36. The van der Waals surface area contributed by atoms with E-state index in [1.807, 2.05) is 26.8 Å². The quantitative estimate of drug-likeness (QED) is 0.619. The summed E-state index contributed by atoms with van der Waals surface area (Å²) in [5.74, 6) is -1.16. The maximum absolute atomic E-state index is 12.2. The van der Waals surface area contributed by atoms with Crippen molar-refractivity contribution in [1.29, 1.82) is 0 Å². The molecular formula is C19H30O5. The van der Waals surface area contributed by atoms with Crippen molar-refractivity contribution in [2.75, 3.05) is 0 Å². The fourth-order valence-corrected chi connectivity index (χ4v) is 3.60. The number of aliphatic hydroxyl groups is 1. The lowest BCUT2D eigenvalue weighted by Gasteiger charge is -2.32. The lowest BCUT2D eigenvalue weighted by Crippen LogP contribution is -2.39. The Morgan fingerprint density at radius 1 is 1.38 bits per heavy atom. The molecule has 1 aliphatic heterocycles. The SMILES string of the molecule is C/C1=C/CC(O)[C@H](C)C[C@H]2OC(=O)[C@@H](C)[C@@H]2[C@H](OC(=O)C(C)C)C1. The molecule has 1 heterocycles. The van der Waals surface area contributed by atoms with Gasteiger partial charge in [0, 0.05) is 12.3 Å². The predicted octanol–water partition coefficient (Wildman–Crippen LogP) is 2.86. The van der Waals surface area contributed by atoms with E-state index in [0.29, 0.717) is 19.3 Å². The zero-order chi connectivity index (χ0) is 18.0. The normalized spacial score (nSPS) is 39.6. The molecule has 1 fully saturated rings. The summed E-state index contributed by atoms with van der Waals surface area (Å²) in [6.07, 6.45) is 2.60. The van der Waals surface area contributed by atoms with Crippen LogP contribution in [0.4, 0.5) is 0 Å².